The molecule has 15 heavy (non-hydrogen) atoms. The zero-order valence-electron chi connectivity index (χ0n) is 8.02. The van der Waals surface area contributed by atoms with Gasteiger partial charge in [-0.25, -0.2) is 0 Å². The molecule has 1 aliphatic heterocycles. The van der Waals surface area contributed by atoms with Crippen molar-refractivity contribution in [2.75, 3.05) is 13.2 Å². The largest absolute Gasteiger partial charge is 0.486 e. The van der Waals surface area contributed by atoms with Crippen molar-refractivity contribution in [2.45, 2.75) is 12.2 Å². The monoisotopic (exact) mass is 273 g/mol. The lowest BCUT2D eigenvalue weighted by atomic mass is 10.2. The van der Waals surface area contributed by atoms with Gasteiger partial charge in [0, 0.05) is 11.0 Å². The van der Waals surface area contributed by atoms with Gasteiger partial charge in [-0.15, -0.1) is 0 Å². The van der Waals surface area contributed by atoms with Gasteiger partial charge in [-0.1, -0.05) is 15.9 Å². The third kappa shape index (κ3) is 2.25. The van der Waals surface area contributed by atoms with E-state index in [2.05, 4.69) is 15.9 Å². The molecule has 82 valence electrons. The van der Waals surface area contributed by atoms with E-state index in [0.29, 0.717) is 18.1 Å². The highest BCUT2D eigenvalue weighted by Gasteiger charge is 2.26. The van der Waals surface area contributed by atoms with Crippen molar-refractivity contribution in [3.8, 4) is 11.5 Å². The summed E-state index contributed by atoms with van der Waals surface area (Å²) in [5.41, 5.74) is 5.35. The highest BCUT2D eigenvalue weighted by atomic mass is 79.9. The zero-order chi connectivity index (χ0) is 10.8. The summed E-state index contributed by atoms with van der Waals surface area (Å²) in [7, 11) is 0. The first-order valence-corrected chi connectivity index (χ1v) is 5.47. The smallest absolute Gasteiger partial charge is 0.162 e. The molecule has 3 N–H and O–H groups in total. The summed E-state index contributed by atoms with van der Waals surface area (Å²) in [6, 6.07) is 5.49. The average Bonchev–Trinajstić information content (AvgIpc) is 2.27. The van der Waals surface area contributed by atoms with Crippen LogP contribution in [0.2, 0.25) is 0 Å². The molecule has 1 heterocycles. The van der Waals surface area contributed by atoms with Crippen LogP contribution < -0.4 is 15.2 Å². The van der Waals surface area contributed by atoms with Crippen LogP contribution >= 0.6 is 15.9 Å². The van der Waals surface area contributed by atoms with E-state index in [4.69, 9.17) is 15.2 Å². The fourth-order valence-corrected chi connectivity index (χ4v) is 1.74. The predicted octanol–water partition coefficient (Wildman–Crippen LogP) is 0.908. The number of fused-ring (bicyclic) bond motifs is 1. The molecule has 2 unspecified atom stereocenters. The van der Waals surface area contributed by atoms with Gasteiger partial charge >= 0.3 is 0 Å². The molecule has 1 aliphatic rings. The van der Waals surface area contributed by atoms with E-state index in [1.165, 1.54) is 0 Å². The molecule has 1 aromatic carbocycles. The van der Waals surface area contributed by atoms with Crippen LogP contribution in [0.1, 0.15) is 0 Å². The number of hydrogen-bond acceptors (Lipinski definition) is 4. The Bertz CT molecular complexity index is 359. The van der Waals surface area contributed by atoms with Crippen molar-refractivity contribution < 1.29 is 14.6 Å². The summed E-state index contributed by atoms with van der Waals surface area (Å²) in [5, 5.41) is 9.52. The normalized spacial score (nSPS) is 21.1. The van der Waals surface area contributed by atoms with E-state index in [1.807, 2.05) is 12.1 Å². The van der Waals surface area contributed by atoms with Crippen LogP contribution in [-0.2, 0) is 0 Å². The average molecular weight is 274 g/mol. The number of benzene rings is 1. The molecule has 0 saturated heterocycles. The highest BCUT2D eigenvalue weighted by molar-refractivity contribution is 9.10. The summed E-state index contributed by atoms with van der Waals surface area (Å²) in [5.74, 6) is 1.33. The van der Waals surface area contributed by atoms with Crippen LogP contribution in [0.25, 0.3) is 0 Å². The minimum absolute atomic E-state index is 0.167. The molecule has 0 spiro atoms. The van der Waals surface area contributed by atoms with Gasteiger partial charge in [0.1, 0.15) is 12.7 Å². The van der Waals surface area contributed by atoms with E-state index >= 15 is 0 Å². The first-order valence-electron chi connectivity index (χ1n) is 4.68. The molecule has 5 heteroatoms. The Labute approximate surface area is 96.1 Å². The van der Waals surface area contributed by atoms with Crippen molar-refractivity contribution in [3.63, 3.8) is 0 Å². The van der Waals surface area contributed by atoms with Crippen LogP contribution in [0, 0.1) is 0 Å². The fourth-order valence-electron chi connectivity index (χ4n) is 1.40. The number of hydrogen-bond donors (Lipinski definition) is 2. The second kappa shape index (κ2) is 4.38. The number of rotatable bonds is 2. The van der Waals surface area contributed by atoms with Gasteiger partial charge in [0.2, 0.25) is 0 Å². The maximum absolute atomic E-state index is 9.52. The Morgan fingerprint density at radius 1 is 1.53 bits per heavy atom. The van der Waals surface area contributed by atoms with Crippen molar-refractivity contribution in [1.82, 2.24) is 0 Å². The molecular weight excluding hydrogens is 262 g/mol. The first-order chi connectivity index (χ1) is 7.20. The van der Waals surface area contributed by atoms with Crippen LogP contribution in [0.5, 0.6) is 11.5 Å². The van der Waals surface area contributed by atoms with Crippen molar-refractivity contribution >= 4 is 15.9 Å². The number of aliphatic hydroxyl groups is 1. The van der Waals surface area contributed by atoms with Crippen LogP contribution in [-0.4, -0.2) is 30.5 Å². The van der Waals surface area contributed by atoms with E-state index in [9.17, 15) is 5.11 Å². The SMILES string of the molecule is NCC(O)C1COc2cc(Br)ccc2O1. The summed E-state index contributed by atoms with van der Waals surface area (Å²) in [4.78, 5) is 0. The number of aliphatic hydroxyl groups excluding tert-OH is 1. The molecule has 4 nitrogen and oxygen atoms in total. The Morgan fingerprint density at radius 3 is 3.07 bits per heavy atom. The van der Waals surface area contributed by atoms with Crippen molar-refractivity contribution in [1.29, 1.82) is 0 Å². The summed E-state index contributed by atoms with van der Waals surface area (Å²) in [6.45, 7) is 0.488. The molecule has 0 fully saturated rings. The zero-order valence-corrected chi connectivity index (χ0v) is 9.61. The van der Waals surface area contributed by atoms with Gasteiger partial charge in [0.25, 0.3) is 0 Å². The Kier molecular flexibility index (Phi) is 3.14. The molecule has 0 aliphatic carbocycles. The maximum atomic E-state index is 9.52. The van der Waals surface area contributed by atoms with Gasteiger partial charge in [-0.2, -0.15) is 0 Å². The number of nitrogens with two attached hydrogens (primary N) is 1. The van der Waals surface area contributed by atoms with Crippen molar-refractivity contribution in [3.05, 3.63) is 22.7 Å². The van der Waals surface area contributed by atoms with Crippen LogP contribution in [0.4, 0.5) is 0 Å². The molecule has 0 amide bonds. The van der Waals surface area contributed by atoms with Gasteiger partial charge < -0.3 is 20.3 Å². The van der Waals surface area contributed by atoms with Gasteiger partial charge in [0.15, 0.2) is 17.6 Å². The summed E-state index contributed by atoms with van der Waals surface area (Å²) in [6.07, 6.45) is -1.08. The fraction of sp³-hybridized carbons (Fsp3) is 0.400. The Hall–Kier alpha value is -0.780. The van der Waals surface area contributed by atoms with E-state index in [0.717, 1.165) is 4.47 Å². The van der Waals surface area contributed by atoms with Crippen LogP contribution in [0.15, 0.2) is 22.7 Å². The number of ether oxygens (including phenoxy) is 2. The Balaban J connectivity index is 2.16. The second-order valence-electron chi connectivity index (χ2n) is 3.36. The van der Waals surface area contributed by atoms with Crippen molar-refractivity contribution in [2.24, 2.45) is 5.73 Å². The predicted molar refractivity (Wildman–Crippen MR) is 59.1 cm³/mol. The quantitative estimate of drug-likeness (QED) is 0.841. The molecule has 2 atom stereocenters. The molecule has 0 radical (unpaired) electrons. The molecule has 0 bridgehead atoms. The summed E-state index contributed by atoms with van der Waals surface area (Å²) >= 11 is 3.34. The topological polar surface area (TPSA) is 64.7 Å². The first kappa shape index (κ1) is 10.7. The highest BCUT2D eigenvalue weighted by Crippen LogP contribution is 2.34. The second-order valence-corrected chi connectivity index (χ2v) is 4.28. The molecular formula is C10H12BrNO3. The third-order valence-corrected chi connectivity index (χ3v) is 2.75. The maximum Gasteiger partial charge on any atom is 0.162 e. The van der Waals surface area contributed by atoms with Gasteiger partial charge in [-0.3, -0.25) is 0 Å². The Morgan fingerprint density at radius 2 is 2.33 bits per heavy atom. The molecule has 2 rings (SSSR count). The van der Waals surface area contributed by atoms with E-state index < -0.39 is 6.10 Å². The minimum Gasteiger partial charge on any atom is -0.486 e. The third-order valence-electron chi connectivity index (χ3n) is 2.26. The lowest BCUT2D eigenvalue weighted by Gasteiger charge is -2.29. The molecule has 0 aromatic heterocycles. The van der Waals surface area contributed by atoms with E-state index in [-0.39, 0.29) is 12.6 Å². The minimum atomic E-state index is -0.693. The lowest BCUT2D eigenvalue weighted by Crippen LogP contribution is -2.43. The van der Waals surface area contributed by atoms with E-state index in [1.54, 1.807) is 6.07 Å². The number of halogens is 1. The standard InChI is InChI=1S/C10H12BrNO3/c11-6-1-2-8-9(3-6)14-5-10(15-8)7(13)4-12/h1-3,7,10,13H,4-5,12H2. The van der Waals surface area contributed by atoms with Crippen LogP contribution in [0.3, 0.4) is 0 Å². The summed E-state index contributed by atoms with van der Waals surface area (Å²) < 4.78 is 12.0. The lowest BCUT2D eigenvalue weighted by molar-refractivity contribution is -0.00534. The molecule has 1 aromatic rings. The van der Waals surface area contributed by atoms with Gasteiger partial charge in [-0.05, 0) is 18.2 Å². The molecule has 0 saturated carbocycles. The van der Waals surface area contributed by atoms with Gasteiger partial charge in [0.05, 0.1) is 0 Å².